The van der Waals surface area contributed by atoms with Crippen LogP contribution in [0.1, 0.15) is 0 Å². The maximum atomic E-state index is 8.42. The zero-order valence-electron chi connectivity index (χ0n) is 4.81. The number of rotatable bonds is 2. The molecule has 0 aromatic carbocycles. The van der Waals surface area contributed by atoms with E-state index >= 15 is 0 Å². The van der Waals surface area contributed by atoms with E-state index in [1.807, 2.05) is 0 Å². The van der Waals surface area contributed by atoms with E-state index < -0.39 is 6.29 Å². The molecule has 0 aliphatic rings. The highest BCUT2D eigenvalue weighted by molar-refractivity contribution is 4.77. The highest BCUT2D eigenvalue weighted by Gasteiger charge is 1.96. The molecule has 4 nitrogen and oxygen atoms in total. The van der Waals surface area contributed by atoms with Crippen molar-refractivity contribution in [3.8, 4) is 0 Å². The number of nitrogens with zero attached hydrogens (tertiary/aromatic N) is 2. The SMILES string of the molecule is OC(O)Cn1cccn1. The molecule has 1 heterocycles. The number of aromatic nitrogens is 2. The van der Waals surface area contributed by atoms with Crippen molar-refractivity contribution in [2.45, 2.75) is 12.8 Å². The third-order valence-corrected chi connectivity index (χ3v) is 0.910. The molecule has 1 aromatic rings. The van der Waals surface area contributed by atoms with Gasteiger partial charge in [-0.25, -0.2) is 0 Å². The lowest BCUT2D eigenvalue weighted by molar-refractivity contribution is -0.0534. The van der Waals surface area contributed by atoms with Gasteiger partial charge >= 0.3 is 0 Å². The molecule has 0 aliphatic heterocycles. The summed E-state index contributed by atoms with van der Waals surface area (Å²) in [6, 6.07) is 1.72. The van der Waals surface area contributed by atoms with Crippen LogP contribution in [0.3, 0.4) is 0 Å². The van der Waals surface area contributed by atoms with Crippen LogP contribution in [0.25, 0.3) is 0 Å². The molecule has 0 amide bonds. The first-order valence-electron chi connectivity index (χ1n) is 2.62. The lowest BCUT2D eigenvalue weighted by Crippen LogP contribution is -2.14. The van der Waals surface area contributed by atoms with Crippen molar-refractivity contribution in [1.29, 1.82) is 0 Å². The molecule has 0 atom stereocenters. The summed E-state index contributed by atoms with van der Waals surface area (Å²) in [5, 5.41) is 20.6. The number of hydrogen-bond donors (Lipinski definition) is 2. The maximum absolute atomic E-state index is 8.42. The quantitative estimate of drug-likeness (QED) is 0.512. The molecule has 0 saturated heterocycles. The third kappa shape index (κ3) is 1.83. The molecule has 1 aromatic heterocycles. The monoisotopic (exact) mass is 128 g/mol. The molecular weight excluding hydrogens is 120 g/mol. The Hall–Kier alpha value is -0.870. The van der Waals surface area contributed by atoms with Crippen molar-refractivity contribution < 1.29 is 10.2 Å². The summed E-state index contributed by atoms with van der Waals surface area (Å²) in [6.45, 7) is 0.132. The van der Waals surface area contributed by atoms with E-state index in [0.29, 0.717) is 0 Å². The third-order valence-electron chi connectivity index (χ3n) is 0.910. The standard InChI is InChI=1S/C5H8N2O2/c8-5(9)4-7-3-1-2-6-7/h1-3,5,8-9H,4H2. The van der Waals surface area contributed by atoms with Crippen LogP contribution < -0.4 is 0 Å². The summed E-state index contributed by atoms with van der Waals surface area (Å²) < 4.78 is 1.45. The average Bonchev–Trinajstić information content (AvgIpc) is 2.15. The second-order valence-electron chi connectivity index (χ2n) is 1.71. The Labute approximate surface area is 52.4 Å². The van der Waals surface area contributed by atoms with E-state index in [-0.39, 0.29) is 6.54 Å². The Morgan fingerprint density at radius 1 is 1.56 bits per heavy atom. The number of aliphatic hydroxyl groups excluding tert-OH is 1. The van der Waals surface area contributed by atoms with Crippen LogP contribution in [0.4, 0.5) is 0 Å². The van der Waals surface area contributed by atoms with Gasteiger partial charge in [-0.15, -0.1) is 0 Å². The Balaban J connectivity index is 2.48. The van der Waals surface area contributed by atoms with Gasteiger partial charge in [0.25, 0.3) is 0 Å². The summed E-state index contributed by atoms with van der Waals surface area (Å²) in [5.74, 6) is 0. The fourth-order valence-corrected chi connectivity index (χ4v) is 0.576. The van der Waals surface area contributed by atoms with Gasteiger partial charge in [-0.05, 0) is 6.07 Å². The highest BCUT2D eigenvalue weighted by Crippen LogP contribution is 1.85. The first-order valence-corrected chi connectivity index (χ1v) is 2.62. The molecule has 50 valence electrons. The van der Waals surface area contributed by atoms with E-state index in [4.69, 9.17) is 10.2 Å². The summed E-state index contributed by atoms with van der Waals surface area (Å²) in [4.78, 5) is 0. The fourth-order valence-electron chi connectivity index (χ4n) is 0.576. The van der Waals surface area contributed by atoms with Gasteiger partial charge in [0, 0.05) is 12.4 Å². The van der Waals surface area contributed by atoms with Gasteiger partial charge in [0.1, 0.15) is 0 Å². The molecule has 9 heavy (non-hydrogen) atoms. The molecule has 0 bridgehead atoms. The molecule has 4 heteroatoms. The first kappa shape index (κ1) is 6.25. The van der Waals surface area contributed by atoms with Crippen LogP contribution in [0.2, 0.25) is 0 Å². The Morgan fingerprint density at radius 2 is 2.33 bits per heavy atom. The molecule has 0 radical (unpaired) electrons. The smallest absolute Gasteiger partial charge is 0.171 e. The molecule has 0 spiro atoms. The van der Waals surface area contributed by atoms with Crippen LogP contribution in [-0.4, -0.2) is 26.3 Å². The van der Waals surface area contributed by atoms with Gasteiger partial charge in [0.05, 0.1) is 6.54 Å². The van der Waals surface area contributed by atoms with Crippen LogP contribution in [0, 0.1) is 0 Å². The Bertz CT molecular complexity index is 159. The van der Waals surface area contributed by atoms with Gasteiger partial charge in [-0.3, -0.25) is 4.68 Å². The van der Waals surface area contributed by atoms with Crippen molar-refractivity contribution in [3.63, 3.8) is 0 Å². The normalized spacial score (nSPS) is 10.6. The van der Waals surface area contributed by atoms with Crippen molar-refractivity contribution in [2.24, 2.45) is 0 Å². The van der Waals surface area contributed by atoms with Crippen molar-refractivity contribution in [3.05, 3.63) is 18.5 Å². The summed E-state index contributed by atoms with van der Waals surface area (Å²) in [5.41, 5.74) is 0. The zero-order valence-corrected chi connectivity index (χ0v) is 4.81. The van der Waals surface area contributed by atoms with Gasteiger partial charge < -0.3 is 10.2 Å². The molecule has 0 unspecified atom stereocenters. The number of hydrogen-bond acceptors (Lipinski definition) is 3. The van der Waals surface area contributed by atoms with Gasteiger partial charge in [0.2, 0.25) is 0 Å². The minimum atomic E-state index is -1.31. The van der Waals surface area contributed by atoms with E-state index in [9.17, 15) is 0 Å². The molecular formula is C5H8N2O2. The second-order valence-corrected chi connectivity index (χ2v) is 1.71. The summed E-state index contributed by atoms with van der Waals surface area (Å²) >= 11 is 0. The summed E-state index contributed by atoms with van der Waals surface area (Å²) in [6.07, 6.45) is 1.94. The predicted molar refractivity (Wildman–Crippen MR) is 30.5 cm³/mol. The van der Waals surface area contributed by atoms with Crippen LogP contribution >= 0.6 is 0 Å². The second kappa shape index (κ2) is 2.61. The van der Waals surface area contributed by atoms with E-state index in [0.717, 1.165) is 0 Å². The predicted octanol–water partition coefficient (Wildman–Crippen LogP) is -0.806. The Morgan fingerprint density at radius 3 is 2.78 bits per heavy atom. The number of aliphatic hydroxyl groups is 2. The van der Waals surface area contributed by atoms with Crippen molar-refractivity contribution in [2.75, 3.05) is 0 Å². The first-order chi connectivity index (χ1) is 4.29. The topological polar surface area (TPSA) is 58.3 Å². The lowest BCUT2D eigenvalue weighted by Gasteiger charge is -2.01. The molecule has 2 N–H and O–H groups in total. The van der Waals surface area contributed by atoms with Crippen LogP contribution in [-0.2, 0) is 6.54 Å². The Kier molecular flexibility index (Phi) is 1.81. The van der Waals surface area contributed by atoms with Crippen molar-refractivity contribution in [1.82, 2.24) is 9.78 Å². The van der Waals surface area contributed by atoms with Crippen LogP contribution in [0.5, 0.6) is 0 Å². The van der Waals surface area contributed by atoms with Gasteiger partial charge in [-0.1, -0.05) is 0 Å². The lowest BCUT2D eigenvalue weighted by atomic mass is 10.6. The largest absolute Gasteiger partial charge is 0.367 e. The van der Waals surface area contributed by atoms with E-state index in [1.54, 1.807) is 18.5 Å². The van der Waals surface area contributed by atoms with E-state index in [2.05, 4.69) is 5.10 Å². The molecule has 0 aliphatic carbocycles. The zero-order chi connectivity index (χ0) is 6.69. The van der Waals surface area contributed by atoms with Crippen molar-refractivity contribution >= 4 is 0 Å². The average molecular weight is 128 g/mol. The van der Waals surface area contributed by atoms with E-state index in [1.165, 1.54) is 4.68 Å². The molecule has 1 rings (SSSR count). The molecule has 0 saturated carbocycles. The minimum Gasteiger partial charge on any atom is -0.367 e. The minimum absolute atomic E-state index is 0.132. The van der Waals surface area contributed by atoms with Gasteiger partial charge in [0.15, 0.2) is 6.29 Å². The summed E-state index contributed by atoms with van der Waals surface area (Å²) in [7, 11) is 0. The highest BCUT2D eigenvalue weighted by atomic mass is 16.5. The van der Waals surface area contributed by atoms with Gasteiger partial charge in [-0.2, -0.15) is 5.10 Å². The van der Waals surface area contributed by atoms with Crippen LogP contribution in [0.15, 0.2) is 18.5 Å². The maximum Gasteiger partial charge on any atom is 0.171 e. The fraction of sp³-hybridized carbons (Fsp3) is 0.400. The molecule has 0 fully saturated rings.